The number of aliphatic hydroxyl groups is 1. The quantitative estimate of drug-likeness (QED) is 0.796. The predicted molar refractivity (Wildman–Crippen MR) is 42.4 cm³/mol. The first-order chi connectivity index (χ1) is 6.02. The van der Waals surface area contributed by atoms with Crippen LogP contribution in [0.2, 0.25) is 5.02 Å². The summed E-state index contributed by atoms with van der Waals surface area (Å²) in [6.07, 6.45) is -5.10. The van der Waals surface area contributed by atoms with Gasteiger partial charge in [-0.2, -0.15) is 0 Å². The average molecular weight is 211 g/mol. The summed E-state index contributed by atoms with van der Waals surface area (Å²) < 4.78 is 36.8. The van der Waals surface area contributed by atoms with E-state index in [9.17, 15) is 13.2 Å². The lowest BCUT2D eigenvalue weighted by Gasteiger charge is -2.10. The monoisotopic (exact) mass is 210 g/mol. The first-order valence-corrected chi connectivity index (χ1v) is 3.81. The molecule has 1 atom stereocenters. The predicted octanol–water partition coefficient (Wildman–Crippen LogP) is 2.78. The molecule has 0 heterocycles. The van der Waals surface area contributed by atoms with Crippen molar-refractivity contribution < 1.29 is 18.3 Å². The van der Waals surface area contributed by atoms with E-state index in [1.54, 1.807) is 0 Å². The highest BCUT2D eigenvalue weighted by atomic mass is 35.5. The number of aliphatic hydroxyl groups excluding tert-OH is 1. The second-order valence-electron chi connectivity index (χ2n) is 2.45. The van der Waals surface area contributed by atoms with Crippen LogP contribution in [0.3, 0.4) is 0 Å². The summed E-state index contributed by atoms with van der Waals surface area (Å²) in [5.74, 6) is -0.930. The molecular weight excluding hydrogens is 205 g/mol. The van der Waals surface area contributed by atoms with Crippen LogP contribution in [0.15, 0.2) is 18.2 Å². The Balaban J connectivity index is 3.01. The Morgan fingerprint density at radius 3 is 2.38 bits per heavy atom. The smallest absolute Gasteiger partial charge is 0.268 e. The molecule has 1 nitrogen and oxygen atoms in total. The van der Waals surface area contributed by atoms with Crippen molar-refractivity contribution in [2.45, 2.75) is 12.5 Å². The number of alkyl halides is 2. The molecule has 1 aromatic carbocycles. The highest BCUT2D eigenvalue weighted by Crippen LogP contribution is 2.24. The van der Waals surface area contributed by atoms with Crippen molar-refractivity contribution in [2.75, 3.05) is 0 Å². The Labute approximate surface area is 77.8 Å². The Morgan fingerprint density at radius 2 is 1.92 bits per heavy atom. The van der Waals surface area contributed by atoms with Crippen molar-refractivity contribution in [3.05, 3.63) is 34.6 Å². The van der Waals surface area contributed by atoms with Gasteiger partial charge < -0.3 is 5.11 Å². The summed E-state index contributed by atoms with van der Waals surface area (Å²) in [5, 5.41) is 8.94. The van der Waals surface area contributed by atoms with E-state index >= 15 is 0 Å². The highest BCUT2D eigenvalue weighted by molar-refractivity contribution is 6.30. The van der Waals surface area contributed by atoms with Crippen LogP contribution in [0.5, 0.6) is 0 Å². The van der Waals surface area contributed by atoms with E-state index in [0.717, 1.165) is 12.1 Å². The van der Waals surface area contributed by atoms with Crippen molar-refractivity contribution in [1.82, 2.24) is 0 Å². The molecule has 0 aliphatic heterocycles. The van der Waals surface area contributed by atoms with Gasteiger partial charge in [-0.1, -0.05) is 17.7 Å². The molecule has 72 valence electrons. The zero-order chi connectivity index (χ0) is 10.0. The Bertz CT molecular complexity index is 303. The second kappa shape index (κ2) is 3.98. The van der Waals surface area contributed by atoms with Gasteiger partial charge >= 0.3 is 0 Å². The molecule has 0 aliphatic rings. The Morgan fingerprint density at radius 1 is 1.31 bits per heavy atom. The summed E-state index contributed by atoms with van der Waals surface area (Å²) in [6.45, 7) is 0. The number of halogens is 4. The normalized spacial score (nSPS) is 13.4. The fraction of sp³-hybridized carbons (Fsp3) is 0.250. The molecule has 0 radical (unpaired) electrons. The number of hydrogen-bond donors (Lipinski definition) is 1. The molecule has 0 amide bonds. The minimum atomic E-state index is -3.00. The van der Waals surface area contributed by atoms with E-state index in [1.165, 1.54) is 6.07 Å². The van der Waals surface area contributed by atoms with E-state index in [2.05, 4.69) is 0 Å². The van der Waals surface area contributed by atoms with Crippen molar-refractivity contribution >= 4 is 11.6 Å². The fourth-order valence-electron chi connectivity index (χ4n) is 0.877. The third-order valence-electron chi connectivity index (χ3n) is 1.52. The first kappa shape index (κ1) is 10.3. The lowest BCUT2D eigenvalue weighted by molar-refractivity contribution is -0.00770. The van der Waals surface area contributed by atoms with Crippen LogP contribution in [0.4, 0.5) is 13.2 Å². The van der Waals surface area contributed by atoms with Gasteiger partial charge in [-0.3, -0.25) is 0 Å². The molecule has 1 rings (SSSR count). The maximum atomic E-state index is 12.9. The van der Waals surface area contributed by atoms with E-state index in [-0.39, 0.29) is 5.02 Å². The standard InChI is InChI=1S/C8H6ClF3O/c9-4-1-2-5(6(10)3-4)7(13)8(11)12/h1-3,7-8,13H. The van der Waals surface area contributed by atoms with Gasteiger partial charge in [0.1, 0.15) is 11.9 Å². The van der Waals surface area contributed by atoms with Gasteiger partial charge in [-0.05, 0) is 12.1 Å². The zero-order valence-corrected chi connectivity index (χ0v) is 7.10. The number of benzene rings is 1. The van der Waals surface area contributed by atoms with Gasteiger partial charge in [0.05, 0.1) is 0 Å². The van der Waals surface area contributed by atoms with Crippen molar-refractivity contribution in [3.8, 4) is 0 Å². The number of hydrogen-bond acceptors (Lipinski definition) is 1. The van der Waals surface area contributed by atoms with Crippen LogP contribution in [0, 0.1) is 5.82 Å². The maximum Gasteiger partial charge on any atom is 0.268 e. The lowest BCUT2D eigenvalue weighted by Crippen LogP contribution is -2.09. The van der Waals surface area contributed by atoms with Gasteiger partial charge in [-0.25, -0.2) is 13.2 Å². The SMILES string of the molecule is OC(c1ccc(Cl)cc1F)C(F)F. The van der Waals surface area contributed by atoms with Crippen LogP contribution < -0.4 is 0 Å². The third-order valence-corrected chi connectivity index (χ3v) is 1.75. The van der Waals surface area contributed by atoms with Gasteiger partial charge in [0.25, 0.3) is 6.43 Å². The molecule has 0 aliphatic carbocycles. The zero-order valence-electron chi connectivity index (χ0n) is 6.35. The van der Waals surface area contributed by atoms with Crippen molar-refractivity contribution in [3.63, 3.8) is 0 Å². The third kappa shape index (κ3) is 2.35. The minimum absolute atomic E-state index is 0.0997. The van der Waals surface area contributed by atoms with Gasteiger partial charge in [0.15, 0.2) is 0 Å². The van der Waals surface area contributed by atoms with Crippen molar-refractivity contribution in [1.29, 1.82) is 0 Å². The molecule has 0 spiro atoms. The van der Waals surface area contributed by atoms with Gasteiger partial charge in [-0.15, -0.1) is 0 Å². The molecule has 1 unspecified atom stereocenters. The summed E-state index contributed by atoms with van der Waals surface area (Å²) in [6, 6.07) is 3.16. The fourth-order valence-corrected chi connectivity index (χ4v) is 1.04. The van der Waals surface area contributed by atoms with E-state index in [4.69, 9.17) is 16.7 Å². The molecule has 13 heavy (non-hydrogen) atoms. The van der Waals surface area contributed by atoms with Crippen LogP contribution >= 0.6 is 11.6 Å². The lowest BCUT2D eigenvalue weighted by atomic mass is 10.1. The van der Waals surface area contributed by atoms with Gasteiger partial charge in [0.2, 0.25) is 0 Å². The van der Waals surface area contributed by atoms with Crippen LogP contribution in [0.1, 0.15) is 11.7 Å². The summed E-state index contributed by atoms with van der Waals surface area (Å²) in [5.41, 5.74) is -0.445. The second-order valence-corrected chi connectivity index (χ2v) is 2.88. The topological polar surface area (TPSA) is 20.2 Å². The van der Waals surface area contributed by atoms with Crippen LogP contribution in [0.25, 0.3) is 0 Å². The average Bonchev–Trinajstić information content (AvgIpc) is 2.03. The summed E-state index contributed by atoms with van der Waals surface area (Å²) in [7, 11) is 0. The molecule has 0 fully saturated rings. The van der Waals surface area contributed by atoms with Gasteiger partial charge in [0, 0.05) is 10.6 Å². The molecule has 0 bridgehead atoms. The molecule has 0 saturated carbocycles. The largest absolute Gasteiger partial charge is 0.382 e. The molecule has 1 N–H and O–H groups in total. The van der Waals surface area contributed by atoms with Crippen LogP contribution in [-0.2, 0) is 0 Å². The van der Waals surface area contributed by atoms with Crippen LogP contribution in [-0.4, -0.2) is 11.5 Å². The summed E-state index contributed by atoms with van der Waals surface area (Å²) in [4.78, 5) is 0. The van der Waals surface area contributed by atoms with Crippen molar-refractivity contribution in [2.24, 2.45) is 0 Å². The molecule has 0 aromatic heterocycles. The minimum Gasteiger partial charge on any atom is -0.382 e. The molecule has 0 saturated heterocycles. The number of rotatable bonds is 2. The molecule has 5 heteroatoms. The van der Waals surface area contributed by atoms with E-state index in [0.29, 0.717) is 0 Å². The van der Waals surface area contributed by atoms with E-state index < -0.39 is 23.9 Å². The Hall–Kier alpha value is -0.740. The maximum absolute atomic E-state index is 12.9. The molecule has 1 aromatic rings. The molecular formula is C8H6ClF3O. The first-order valence-electron chi connectivity index (χ1n) is 3.43. The van der Waals surface area contributed by atoms with E-state index in [1.807, 2.05) is 0 Å². The summed E-state index contributed by atoms with van der Waals surface area (Å²) >= 11 is 5.39. The Kier molecular flexibility index (Phi) is 3.17. The highest BCUT2D eigenvalue weighted by Gasteiger charge is 2.22.